The third-order valence-corrected chi connectivity index (χ3v) is 18.9. The standard InChI is InChI=1S/C85H53BN8O/c1-5-23-55(24-6-1)69-53-70(56-25-7-2-8-26-56)88-83(87-69)60-45-49-72(94-71-37-17-13-34-65(71)79-75(94)50-48-64-63-33-14-20-42-78(63)95-81(64)79)66(52-60)85-90-82(57-27-9-3-10-28-57)89-84(91-85)59-30-21-29-58(51-59)54-43-46-62(47-44-54)93-74-39-19-16-36-68(74)86-67-35-15-18-38-73(67)92(61-31-11-4-12-32-61)76-40-22-41-77(93)80(76)86/h1-53H. The van der Waals surface area contributed by atoms with Crippen LogP contribution >= 0.6 is 0 Å². The van der Waals surface area contributed by atoms with Crippen molar-refractivity contribution in [2.24, 2.45) is 0 Å². The Bertz CT molecular complexity index is 5820. The minimum absolute atomic E-state index is 0.0585. The molecule has 95 heavy (non-hydrogen) atoms. The molecule has 13 aromatic carbocycles. The lowest BCUT2D eigenvalue weighted by Crippen LogP contribution is -2.61. The van der Waals surface area contributed by atoms with Gasteiger partial charge < -0.3 is 18.8 Å². The molecule has 0 fully saturated rings. The Hall–Kier alpha value is -12.8. The van der Waals surface area contributed by atoms with E-state index in [4.69, 9.17) is 29.3 Å². The molecule has 0 aliphatic carbocycles. The highest BCUT2D eigenvalue weighted by Gasteiger charge is 2.43. The van der Waals surface area contributed by atoms with Gasteiger partial charge in [0.25, 0.3) is 6.71 Å². The number of furan rings is 1. The molecule has 0 spiro atoms. The number of fused-ring (bicyclic) bond motifs is 11. The lowest BCUT2D eigenvalue weighted by Gasteiger charge is -2.44. The summed E-state index contributed by atoms with van der Waals surface area (Å²) in [7, 11) is 0. The molecule has 0 bridgehead atoms. The number of hydrogen-bond acceptors (Lipinski definition) is 8. The smallest absolute Gasteiger partial charge is 0.252 e. The molecule has 10 heteroatoms. The van der Waals surface area contributed by atoms with Gasteiger partial charge in [0.15, 0.2) is 23.3 Å². The predicted molar refractivity (Wildman–Crippen MR) is 389 cm³/mol. The van der Waals surface area contributed by atoms with Gasteiger partial charge in [-0.1, -0.05) is 218 Å². The van der Waals surface area contributed by atoms with Crippen molar-refractivity contribution in [3.8, 4) is 84.9 Å². The molecule has 0 unspecified atom stereocenters. The summed E-state index contributed by atoms with van der Waals surface area (Å²) in [6, 6.07) is 113. The number of nitrogens with zero attached hydrogens (tertiary/aromatic N) is 8. The minimum atomic E-state index is 0.0585. The summed E-state index contributed by atoms with van der Waals surface area (Å²) in [6.45, 7) is 0.0585. The number of para-hydroxylation sites is 5. The average Bonchev–Trinajstić information content (AvgIpc) is 1.25. The van der Waals surface area contributed by atoms with Crippen LogP contribution in [0, 0.1) is 0 Å². The first-order valence-corrected chi connectivity index (χ1v) is 32.1. The van der Waals surface area contributed by atoms with Crippen LogP contribution in [0.5, 0.6) is 0 Å². The van der Waals surface area contributed by atoms with Crippen molar-refractivity contribution in [1.82, 2.24) is 29.5 Å². The van der Waals surface area contributed by atoms with E-state index in [0.717, 1.165) is 122 Å². The third kappa shape index (κ3) is 8.91. The average molecular weight is 1210 g/mol. The molecule has 442 valence electrons. The molecule has 0 saturated carbocycles. The zero-order chi connectivity index (χ0) is 62.5. The largest absolute Gasteiger partial charge is 0.455 e. The molecule has 17 aromatic rings. The van der Waals surface area contributed by atoms with Crippen molar-refractivity contribution in [2.75, 3.05) is 9.80 Å². The fourth-order valence-corrected chi connectivity index (χ4v) is 14.6. The van der Waals surface area contributed by atoms with Crippen LogP contribution in [0.3, 0.4) is 0 Å². The molecule has 0 amide bonds. The normalized spacial score (nSPS) is 12.4. The van der Waals surface area contributed by atoms with E-state index in [1.807, 2.05) is 66.7 Å². The zero-order valence-electron chi connectivity index (χ0n) is 51.2. The first-order chi connectivity index (χ1) is 47.1. The summed E-state index contributed by atoms with van der Waals surface area (Å²) < 4.78 is 9.14. The first-order valence-electron chi connectivity index (χ1n) is 32.1. The summed E-state index contributed by atoms with van der Waals surface area (Å²) in [5, 5.41) is 4.23. The van der Waals surface area contributed by atoms with E-state index in [9.17, 15) is 0 Å². The number of aromatic nitrogens is 6. The number of rotatable bonds is 10. The molecule has 2 aliphatic rings. The lowest BCUT2D eigenvalue weighted by molar-refractivity contribution is 0.673. The number of benzene rings is 13. The first kappa shape index (κ1) is 54.0. The van der Waals surface area contributed by atoms with Gasteiger partial charge in [-0.2, -0.15) is 0 Å². The topological polar surface area (TPSA) is 89.0 Å². The summed E-state index contributed by atoms with van der Waals surface area (Å²) >= 11 is 0. The Labute approximate surface area is 547 Å². The van der Waals surface area contributed by atoms with Crippen LogP contribution in [0.15, 0.2) is 326 Å². The van der Waals surface area contributed by atoms with Crippen molar-refractivity contribution in [2.45, 2.75) is 0 Å². The van der Waals surface area contributed by atoms with E-state index in [1.165, 1.54) is 33.5 Å². The van der Waals surface area contributed by atoms with Crippen molar-refractivity contribution in [3.63, 3.8) is 0 Å². The molecule has 6 heterocycles. The molecule has 2 aliphatic heterocycles. The molecule has 0 N–H and O–H groups in total. The van der Waals surface area contributed by atoms with Crippen molar-refractivity contribution >= 4 is 101 Å². The van der Waals surface area contributed by atoms with Gasteiger partial charge in [-0.3, -0.25) is 0 Å². The predicted octanol–water partition coefficient (Wildman–Crippen LogP) is 19.4. The maximum absolute atomic E-state index is 6.81. The molecule has 19 rings (SSSR count). The van der Waals surface area contributed by atoms with Crippen LogP contribution in [0.1, 0.15) is 0 Å². The highest BCUT2D eigenvalue weighted by Crippen LogP contribution is 2.46. The van der Waals surface area contributed by atoms with Crippen LogP contribution in [0.25, 0.3) is 129 Å². The van der Waals surface area contributed by atoms with Crippen molar-refractivity contribution < 1.29 is 4.42 Å². The maximum Gasteiger partial charge on any atom is 0.252 e. The second-order valence-electron chi connectivity index (χ2n) is 24.3. The van der Waals surface area contributed by atoms with E-state index in [1.54, 1.807) is 0 Å². The molecular weight excluding hydrogens is 1160 g/mol. The van der Waals surface area contributed by atoms with Crippen LogP contribution in [0.4, 0.5) is 34.1 Å². The molecule has 0 saturated heterocycles. The summed E-state index contributed by atoms with van der Waals surface area (Å²) in [5.41, 5.74) is 24.3. The number of hydrogen-bond donors (Lipinski definition) is 0. The lowest BCUT2D eigenvalue weighted by atomic mass is 9.33. The van der Waals surface area contributed by atoms with Crippen LogP contribution < -0.4 is 26.2 Å². The molecule has 0 atom stereocenters. The molecule has 9 nitrogen and oxygen atoms in total. The monoisotopic (exact) mass is 1210 g/mol. The van der Waals surface area contributed by atoms with Crippen molar-refractivity contribution in [3.05, 3.63) is 322 Å². The van der Waals surface area contributed by atoms with E-state index >= 15 is 0 Å². The number of anilines is 6. The molecule has 0 radical (unpaired) electrons. The van der Waals surface area contributed by atoms with Gasteiger partial charge in [0, 0.05) is 83.7 Å². The van der Waals surface area contributed by atoms with Crippen LogP contribution in [-0.2, 0) is 0 Å². The Kier molecular flexibility index (Phi) is 12.5. The highest BCUT2D eigenvalue weighted by molar-refractivity contribution is 7.00. The molecule has 4 aromatic heterocycles. The van der Waals surface area contributed by atoms with Gasteiger partial charge in [0.1, 0.15) is 11.2 Å². The molecular formula is C85H53BN8O. The fraction of sp³-hybridized carbons (Fsp3) is 0. The van der Waals surface area contributed by atoms with Gasteiger partial charge in [0.05, 0.1) is 33.5 Å². The van der Waals surface area contributed by atoms with Gasteiger partial charge in [0.2, 0.25) is 0 Å². The van der Waals surface area contributed by atoms with Crippen molar-refractivity contribution in [1.29, 1.82) is 0 Å². The summed E-state index contributed by atoms with van der Waals surface area (Å²) in [6.07, 6.45) is 0. The van der Waals surface area contributed by atoms with E-state index in [-0.39, 0.29) is 6.71 Å². The van der Waals surface area contributed by atoms with Gasteiger partial charge in [-0.05, 0) is 131 Å². The van der Waals surface area contributed by atoms with Crippen LogP contribution in [-0.4, -0.2) is 36.2 Å². The third-order valence-electron chi connectivity index (χ3n) is 18.9. The van der Waals surface area contributed by atoms with E-state index in [2.05, 4.69) is 269 Å². The van der Waals surface area contributed by atoms with Gasteiger partial charge >= 0.3 is 0 Å². The highest BCUT2D eigenvalue weighted by atomic mass is 16.3. The van der Waals surface area contributed by atoms with Gasteiger partial charge in [-0.15, -0.1) is 0 Å². The minimum Gasteiger partial charge on any atom is -0.455 e. The van der Waals surface area contributed by atoms with Gasteiger partial charge in [-0.25, -0.2) is 24.9 Å². The maximum atomic E-state index is 6.81. The van der Waals surface area contributed by atoms with E-state index < -0.39 is 0 Å². The second-order valence-corrected chi connectivity index (χ2v) is 24.3. The quantitative estimate of drug-likeness (QED) is 0.125. The fourth-order valence-electron chi connectivity index (χ4n) is 14.6. The summed E-state index contributed by atoms with van der Waals surface area (Å²) in [4.78, 5) is 32.0. The van der Waals surface area contributed by atoms with Crippen LogP contribution in [0.2, 0.25) is 0 Å². The Morgan fingerprint density at radius 1 is 0.284 bits per heavy atom. The Morgan fingerprint density at radius 3 is 1.46 bits per heavy atom. The Balaban J connectivity index is 0.771. The SMILES string of the molecule is c1ccc(-c2cc(-c3ccccc3)nc(-c3ccc(-n4c5ccccc5c5c6oc7ccccc7c6ccc54)c(-c4nc(-c5ccccc5)nc(-c5cccc(-c6ccc(N7c8ccccc8B8c9ccccc9N(c9ccccc9)c9cccc7c98)cc6)c5)n4)c3)n2)cc1. The Morgan fingerprint density at radius 2 is 0.779 bits per heavy atom. The zero-order valence-corrected chi connectivity index (χ0v) is 51.2. The summed E-state index contributed by atoms with van der Waals surface area (Å²) in [5.74, 6) is 2.13. The van der Waals surface area contributed by atoms with E-state index in [0.29, 0.717) is 23.3 Å². The second kappa shape index (κ2) is 22.0.